The summed E-state index contributed by atoms with van der Waals surface area (Å²) in [6, 6.07) is -1.20. The van der Waals surface area contributed by atoms with Crippen molar-refractivity contribution in [1.82, 2.24) is 10.2 Å². The molecule has 0 aromatic heterocycles. The molecule has 98 valence electrons. The Kier molecular flexibility index (Phi) is 4.74. The summed E-state index contributed by atoms with van der Waals surface area (Å²) in [6.45, 7) is 4.47. The first-order valence-corrected chi connectivity index (χ1v) is 5.92. The number of nitrogens with zero attached hydrogens (tertiary/aromatic N) is 1. The highest BCUT2D eigenvalue weighted by Gasteiger charge is 2.30. The van der Waals surface area contributed by atoms with Crippen molar-refractivity contribution in [3.63, 3.8) is 0 Å². The van der Waals surface area contributed by atoms with Crippen molar-refractivity contribution < 1.29 is 19.8 Å². The van der Waals surface area contributed by atoms with Gasteiger partial charge in [-0.2, -0.15) is 0 Å². The Morgan fingerprint density at radius 1 is 1.53 bits per heavy atom. The number of carbonyl (C=O) groups excluding carboxylic acids is 1. The fourth-order valence-electron chi connectivity index (χ4n) is 1.94. The third-order valence-electron chi connectivity index (χ3n) is 3.20. The van der Waals surface area contributed by atoms with Crippen LogP contribution in [0.4, 0.5) is 4.79 Å². The van der Waals surface area contributed by atoms with Gasteiger partial charge in [0.2, 0.25) is 0 Å². The molecule has 3 unspecified atom stereocenters. The SMILES string of the molecule is CCC(NC(=O)N1CCC(C(C)O)C1)C(=O)O. The molecule has 1 saturated heterocycles. The Labute approximate surface area is 101 Å². The zero-order valence-electron chi connectivity index (χ0n) is 10.2. The number of urea groups is 1. The molecule has 6 heteroatoms. The van der Waals surface area contributed by atoms with Gasteiger partial charge in [0.25, 0.3) is 0 Å². The van der Waals surface area contributed by atoms with Gasteiger partial charge in [-0.15, -0.1) is 0 Å². The van der Waals surface area contributed by atoms with Gasteiger partial charge in [-0.3, -0.25) is 0 Å². The Morgan fingerprint density at radius 3 is 2.59 bits per heavy atom. The van der Waals surface area contributed by atoms with Gasteiger partial charge >= 0.3 is 12.0 Å². The standard InChI is InChI=1S/C11H20N2O4/c1-3-9(10(15)16)12-11(17)13-5-4-8(6-13)7(2)14/h7-9,14H,3-6H2,1-2H3,(H,12,17)(H,15,16). The molecular weight excluding hydrogens is 224 g/mol. The molecule has 3 N–H and O–H groups in total. The third-order valence-corrected chi connectivity index (χ3v) is 3.20. The van der Waals surface area contributed by atoms with Crippen LogP contribution in [-0.2, 0) is 4.79 Å². The predicted molar refractivity (Wildman–Crippen MR) is 61.6 cm³/mol. The smallest absolute Gasteiger partial charge is 0.326 e. The molecule has 6 nitrogen and oxygen atoms in total. The molecule has 1 fully saturated rings. The molecule has 1 aliphatic rings. The molecule has 2 amide bonds. The van der Waals surface area contributed by atoms with Crippen LogP contribution in [0.3, 0.4) is 0 Å². The van der Waals surface area contributed by atoms with Crippen LogP contribution >= 0.6 is 0 Å². The van der Waals surface area contributed by atoms with Gasteiger partial charge in [-0.05, 0) is 19.8 Å². The van der Waals surface area contributed by atoms with Crippen molar-refractivity contribution in [1.29, 1.82) is 0 Å². The van der Waals surface area contributed by atoms with Gasteiger partial charge < -0.3 is 20.4 Å². The monoisotopic (exact) mass is 244 g/mol. The minimum Gasteiger partial charge on any atom is -0.480 e. The van der Waals surface area contributed by atoms with E-state index >= 15 is 0 Å². The summed E-state index contributed by atoms with van der Waals surface area (Å²) in [4.78, 5) is 24.1. The number of carboxylic acid groups (broad SMARTS) is 1. The van der Waals surface area contributed by atoms with Crippen LogP contribution in [0.15, 0.2) is 0 Å². The van der Waals surface area contributed by atoms with E-state index in [0.717, 1.165) is 6.42 Å². The highest BCUT2D eigenvalue weighted by atomic mass is 16.4. The van der Waals surface area contributed by atoms with Crippen LogP contribution in [0.1, 0.15) is 26.7 Å². The minimum atomic E-state index is -1.02. The second kappa shape index (κ2) is 5.86. The highest BCUT2D eigenvalue weighted by molar-refractivity contribution is 5.82. The Balaban J connectivity index is 2.47. The van der Waals surface area contributed by atoms with Crippen LogP contribution in [0.25, 0.3) is 0 Å². The highest BCUT2D eigenvalue weighted by Crippen LogP contribution is 2.19. The van der Waals surface area contributed by atoms with E-state index in [0.29, 0.717) is 19.5 Å². The number of carbonyl (C=O) groups is 2. The topological polar surface area (TPSA) is 89.9 Å². The van der Waals surface area contributed by atoms with Crippen LogP contribution in [0.5, 0.6) is 0 Å². The van der Waals surface area contributed by atoms with Gasteiger partial charge in [0.1, 0.15) is 6.04 Å². The van der Waals surface area contributed by atoms with Gasteiger partial charge in [0.15, 0.2) is 0 Å². The largest absolute Gasteiger partial charge is 0.480 e. The van der Waals surface area contributed by atoms with E-state index in [9.17, 15) is 14.7 Å². The molecule has 17 heavy (non-hydrogen) atoms. The van der Waals surface area contributed by atoms with E-state index in [2.05, 4.69) is 5.32 Å². The first-order valence-electron chi connectivity index (χ1n) is 5.92. The first kappa shape index (κ1) is 13.8. The zero-order chi connectivity index (χ0) is 13.0. The van der Waals surface area contributed by atoms with E-state index in [-0.39, 0.29) is 11.9 Å². The Bertz CT molecular complexity index is 293. The lowest BCUT2D eigenvalue weighted by molar-refractivity contribution is -0.139. The second-order valence-corrected chi connectivity index (χ2v) is 4.48. The molecule has 0 aliphatic carbocycles. The molecular formula is C11H20N2O4. The summed E-state index contributed by atoms with van der Waals surface area (Å²) in [5.41, 5.74) is 0. The fraction of sp³-hybridized carbons (Fsp3) is 0.818. The average molecular weight is 244 g/mol. The lowest BCUT2D eigenvalue weighted by Crippen LogP contribution is -2.47. The van der Waals surface area contributed by atoms with Crippen molar-refractivity contribution in [2.45, 2.75) is 38.8 Å². The summed E-state index contributed by atoms with van der Waals surface area (Å²) in [5.74, 6) is -0.933. The number of aliphatic carboxylic acids is 1. The van der Waals surface area contributed by atoms with Crippen molar-refractivity contribution in [3.05, 3.63) is 0 Å². The van der Waals surface area contributed by atoms with E-state index in [1.807, 2.05) is 0 Å². The Morgan fingerprint density at radius 2 is 2.18 bits per heavy atom. The molecule has 0 aromatic carbocycles. The molecule has 1 heterocycles. The second-order valence-electron chi connectivity index (χ2n) is 4.48. The summed E-state index contributed by atoms with van der Waals surface area (Å²) in [6.07, 6.45) is 0.679. The fourth-order valence-corrected chi connectivity index (χ4v) is 1.94. The quantitative estimate of drug-likeness (QED) is 0.661. The summed E-state index contributed by atoms with van der Waals surface area (Å²) >= 11 is 0. The molecule has 1 rings (SSSR count). The minimum absolute atomic E-state index is 0.0886. The molecule has 1 aliphatic heterocycles. The van der Waals surface area contributed by atoms with Gasteiger partial charge in [0.05, 0.1) is 6.10 Å². The number of aliphatic hydroxyl groups is 1. The number of rotatable bonds is 4. The Hall–Kier alpha value is -1.30. The third kappa shape index (κ3) is 3.59. The summed E-state index contributed by atoms with van der Waals surface area (Å²) < 4.78 is 0. The maximum atomic E-state index is 11.8. The number of hydrogen-bond acceptors (Lipinski definition) is 3. The van der Waals surface area contributed by atoms with Gasteiger partial charge in [-0.25, -0.2) is 9.59 Å². The number of carboxylic acids is 1. The van der Waals surface area contributed by atoms with Crippen LogP contribution in [0, 0.1) is 5.92 Å². The van der Waals surface area contributed by atoms with Crippen LogP contribution < -0.4 is 5.32 Å². The molecule has 0 radical (unpaired) electrons. The van der Waals surface area contributed by atoms with E-state index < -0.39 is 18.1 Å². The number of likely N-dealkylation sites (tertiary alicyclic amines) is 1. The molecule has 0 aromatic rings. The molecule has 3 atom stereocenters. The van der Waals surface area contributed by atoms with Crippen LogP contribution in [0.2, 0.25) is 0 Å². The van der Waals surface area contributed by atoms with Gasteiger partial charge in [0, 0.05) is 19.0 Å². The van der Waals surface area contributed by atoms with Crippen molar-refractivity contribution in [2.75, 3.05) is 13.1 Å². The van der Waals surface area contributed by atoms with Gasteiger partial charge in [-0.1, -0.05) is 6.92 Å². The summed E-state index contributed by atoms with van der Waals surface area (Å²) in [5, 5.41) is 20.7. The lowest BCUT2D eigenvalue weighted by atomic mass is 10.0. The number of aliphatic hydroxyl groups excluding tert-OH is 1. The normalized spacial score (nSPS) is 23.2. The predicted octanol–water partition coefficient (Wildman–Crippen LogP) is 0.262. The number of nitrogens with one attached hydrogen (secondary N) is 1. The zero-order valence-corrected chi connectivity index (χ0v) is 10.2. The number of hydrogen-bond donors (Lipinski definition) is 3. The van der Waals surface area contributed by atoms with Crippen molar-refractivity contribution in [3.8, 4) is 0 Å². The maximum Gasteiger partial charge on any atom is 0.326 e. The average Bonchev–Trinajstić information content (AvgIpc) is 2.74. The molecule has 0 spiro atoms. The maximum absolute atomic E-state index is 11.8. The van der Waals surface area contributed by atoms with E-state index in [1.54, 1.807) is 18.7 Å². The molecule has 0 saturated carbocycles. The first-order chi connectivity index (χ1) is 7.95. The van der Waals surface area contributed by atoms with Crippen LogP contribution in [-0.4, -0.2) is 52.3 Å². The summed E-state index contributed by atoms with van der Waals surface area (Å²) in [7, 11) is 0. The lowest BCUT2D eigenvalue weighted by Gasteiger charge is -2.20. The number of amides is 2. The van der Waals surface area contributed by atoms with Crippen molar-refractivity contribution >= 4 is 12.0 Å². The molecule has 0 bridgehead atoms. The van der Waals surface area contributed by atoms with Crippen molar-refractivity contribution in [2.24, 2.45) is 5.92 Å². The van der Waals surface area contributed by atoms with E-state index in [4.69, 9.17) is 5.11 Å². The van der Waals surface area contributed by atoms with E-state index in [1.165, 1.54) is 0 Å².